The van der Waals surface area contributed by atoms with Crippen molar-refractivity contribution in [2.24, 2.45) is 0 Å². The van der Waals surface area contributed by atoms with Crippen molar-refractivity contribution < 1.29 is 0 Å². The monoisotopic (exact) mass is 782 g/mol. The number of benzene rings is 8. The average Bonchev–Trinajstić information content (AvgIpc) is 3.58. The molecular formula is C54H50N2Si2. The minimum atomic E-state index is -1.45. The number of aromatic nitrogens is 1. The van der Waals surface area contributed by atoms with Gasteiger partial charge in [0.15, 0.2) is 0 Å². The fraction of sp³-hybridized carbons (Fsp3) is 0.111. The van der Waals surface area contributed by atoms with Gasteiger partial charge in [0.1, 0.15) is 0 Å². The summed E-state index contributed by atoms with van der Waals surface area (Å²) in [4.78, 5) is 2.36. The molecule has 0 amide bonds. The van der Waals surface area contributed by atoms with Gasteiger partial charge < -0.3 is 9.47 Å². The minimum Gasteiger partial charge on any atom is -0.311 e. The van der Waals surface area contributed by atoms with Crippen LogP contribution in [0.15, 0.2) is 194 Å². The fourth-order valence-corrected chi connectivity index (χ4v) is 10.5. The molecule has 0 aliphatic rings. The van der Waals surface area contributed by atoms with Crippen molar-refractivity contribution in [3.8, 4) is 39.1 Å². The van der Waals surface area contributed by atoms with Crippen LogP contribution in [-0.4, -0.2) is 20.7 Å². The predicted octanol–water partition coefficient (Wildman–Crippen LogP) is 14.3. The number of fused-ring (bicyclic) bond motifs is 3. The highest BCUT2D eigenvalue weighted by atomic mass is 28.3. The number of nitrogens with zero attached hydrogens (tertiary/aromatic N) is 2. The first-order valence-electron chi connectivity index (χ1n) is 20.4. The molecule has 58 heavy (non-hydrogen) atoms. The summed E-state index contributed by atoms with van der Waals surface area (Å²) in [5.74, 6) is 0. The van der Waals surface area contributed by atoms with Crippen molar-refractivity contribution in [3.05, 3.63) is 194 Å². The lowest BCUT2D eigenvalue weighted by atomic mass is 10.0. The molecule has 0 aliphatic carbocycles. The first-order chi connectivity index (χ1) is 28.0. The van der Waals surface area contributed by atoms with E-state index in [1.54, 1.807) is 0 Å². The second-order valence-electron chi connectivity index (χ2n) is 17.6. The molecule has 0 unspecified atom stereocenters. The molecule has 9 rings (SSSR count). The topological polar surface area (TPSA) is 8.17 Å². The number of rotatable bonds is 9. The SMILES string of the molecule is C[Si](C)(C)c1ccc(-c2ccc(N(c3ccc(-c4ccccc4)cc3)c3ccc(-c4ccc(-n5c6ccccc6c6cc([Si](C)(C)C)ccc65)cc4)cc3)cc2)cc1. The van der Waals surface area contributed by atoms with E-state index in [1.165, 1.54) is 71.2 Å². The Morgan fingerprint density at radius 2 is 0.707 bits per heavy atom. The second-order valence-corrected chi connectivity index (χ2v) is 27.7. The van der Waals surface area contributed by atoms with E-state index in [9.17, 15) is 0 Å². The maximum absolute atomic E-state index is 2.44. The largest absolute Gasteiger partial charge is 0.311 e. The Hall–Kier alpha value is -6.21. The van der Waals surface area contributed by atoms with E-state index in [-0.39, 0.29) is 0 Å². The maximum atomic E-state index is 2.44. The van der Waals surface area contributed by atoms with Crippen molar-refractivity contribution in [3.63, 3.8) is 0 Å². The molecule has 284 valence electrons. The van der Waals surface area contributed by atoms with Gasteiger partial charge in [0, 0.05) is 33.5 Å². The zero-order valence-electron chi connectivity index (χ0n) is 34.4. The molecule has 0 saturated carbocycles. The van der Waals surface area contributed by atoms with Crippen LogP contribution in [0.5, 0.6) is 0 Å². The molecule has 0 N–H and O–H groups in total. The van der Waals surface area contributed by atoms with Crippen molar-refractivity contribution in [1.82, 2.24) is 4.57 Å². The van der Waals surface area contributed by atoms with Gasteiger partial charge in [-0.15, -0.1) is 0 Å². The molecule has 0 radical (unpaired) electrons. The summed E-state index contributed by atoms with van der Waals surface area (Å²) in [7, 11) is -2.81. The summed E-state index contributed by atoms with van der Waals surface area (Å²) < 4.78 is 2.42. The first kappa shape index (κ1) is 37.4. The Bertz CT molecular complexity index is 2840. The highest BCUT2D eigenvalue weighted by Gasteiger charge is 2.20. The Balaban J connectivity index is 1.04. The lowest BCUT2D eigenvalue weighted by molar-refractivity contribution is 1.18. The van der Waals surface area contributed by atoms with Gasteiger partial charge in [-0.05, 0) is 94.0 Å². The van der Waals surface area contributed by atoms with Crippen LogP contribution in [0.3, 0.4) is 0 Å². The molecule has 9 aromatic rings. The standard InChI is InChI=1S/C54H50N2Si2/c1-57(2,3)49-34-24-44(25-35-49)43-20-30-47(31-21-43)55(45-26-16-40(17-27-45)39-12-8-7-9-13-39)46-28-18-41(19-29-46)42-22-32-48(33-23-42)56-53-15-11-10-14-51(53)52-38-50(58(4,5)6)36-37-54(52)56/h7-38H,1-6H3. The van der Waals surface area contributed by atoms with Crippen LogP contribution >= 0.6 is 0 Å². The summed E-state index contributed by atoms with van der Waals surface area (Å²) in [5.41, 5.74) is 14.3. The van der Waals surface area contributed by atoms with Gasteiger partial charge in [0.25, 0.3) is 0 Å². The van der Waals surface area contributed by atoms with Crippen molar-refractivity contribution in [2.75, 3.05) is 4.90 Å². The first-order valence-corrected chi connectivity index (χ1v) is 27.4. The van der Waals surface area contributed by atoms with Crippen LogP contribution in [0.2, 0.25) is 39.3 Å². The lowest BCUT2D eigenvalue weighted by Crippen LogP contribution is -2.37. The number of hydrogen-bond acceptors (Lipinski definition) is 1. The van der Waals surface area contributed by atoms with Crippen molar-refractivity contribution in [2.45, 2.75) is 39.3 Å². The van der Waals surface area contributed by atoms with Crippen LogP contribution in [0.1, 0.15) is 0 Å². The molecular weight excluding hydrogens is 733 g/mol. The maximum Gasteiger partial charge on any atom is 0.0776 e. The molecule has 4 heteroatoms. The third-order valence-electron chi connectivity index (χ3n) is 11.6. The van der Waals surface area contributed by atoms with Gasteiger partial charge >= 0.3 is 0 Å². The zero-order valence-corrected chi connectivity index (χ0v) is 36.4. The van der Waals surface area contributed by atoms with E-state index in [0.717, 1.165) is 17.1 Å². The van der Waals surface area contributed by atoms with E-state index >= 15 is 0 Å². The average molecular weight is 783 g/mol. The molecule has 8 aromatic carbocycles. The summed E-state index contributed by atoms with van der Waals surface area (Å²) in [6.07, 6.45) is 0. The Morgan fingerprint density at radius 1 is 0.328 bits per heavy atom. The third kappa shape index (κ3) is 7.26. The van der Waals surface area contributed by atoms with E-state index in [2.05, 4.69) is 243 Å². The number of hydrogen-bond donors (Lipinski definition) is 0. The van der Waals surface area contributed by atoms with E-state index < -0.39 is 16.1 Å². The predicted molar refractivity (Wildman–Crippen MR) is 258 cm³/mol. The van der Waals surface area contributed by atoms with Crippen LogP contribution < -0.4 is 15.3 Å². The highest BCUT2D eigenvalue weighted by molar-refractivity contribution is 6.89. The van der Waals surface area contributed by atoms with Gasteiger partial charge in [0.05, 0.1) is 27.2 Å². The molecule has 2 nitrogen and oxygen atoms in total. The van der Waals surface area contributed by atoms with Gasteiger partial charge in [-0.1, -0.05) is 183 Å². The Morgan fingerprint density at radius 3 is 1.19 bits per heavy atom. The summed E-state index contributed by atoms with van der Waals surface area (Å²) in [6.45, 7) is 14.5. The molecule has 0 aliphatic heterocycles. The highest BCUT2D eigenvalue weighted by Crippen LogP contribution is 2.38. The molecule has 1 heterocycles. The van der Waals surface area contributed by atoms with Crippen molar-refractivity contribution >= 4 is 65.4 Å². The second kappa shape index (κ2) is 14.9. The van der Waals surface area contributed by atoms with Gasteiger partial charge in [-0.3, -0.25) is 0 Å². The summed E-state index contributed by atoms with van der Waals surface area (Å²) in [6, 6.07) is 71.7. The van der Waals surface area contributed by atoms with Crippen LogP contribution in [0, 0.1) is 0 Å². The molecule has 0 atom stereocenters. The molecule has 0 spiro atoms. The van der Waals surface area contributed by atoms with Crippen LogP contribution in [0.4, 0.5) is 17.1 Å². The molecule has 0 bridgehead atoms. The van der Waals surface area contributed by atoms with Gasteiger partial charge in [-0.2, -0.15) is 0 Å². The molecule has 0 saturated heterocycles. The molecule has 1 aromatic heterocycles. The van der Waals surface area contributed by atoms with Crippen molar-refractivity contribution in [1.29, 1.82) is 0 Å². The van der Waals surface area contributed by atoms with Gasteiger partial charge in [0.2, 0.25) is 0 Å². The van der Waals surface area contributed by atoms with Crippen LogP contribution in [0.25, 0.3) is 60.9 Å². The van der Waals surface area contributed by atoms with Gasteiger partial charge in [-0.25, -0.2) is 0 Å². The lowest BCUT2D eigenvalue weighted by Gasteiger charge is -2.26. The third-order valence-corrected chi connectivity index (χ3v) is 15.7. The fourth-order valence-electron chi connectivity index (χ4n) is 8.17. The van der Waals surface area contributed by atoms with Crippen LogP contribution in [-0.2, 0) is 0 Å². The number of anilines is 3. The quantitative estimate of drug-likeness (QED) is 0.132. The minimum absolute atomic E-state index is 1.11. The summed E-state index contributed by atoms with van der Waals surface area (Å²) >= 11 is 0. The van der Waals surface area contributed by atoms with E-state index in [0.29, 0.717) is 0 Å². The van der Waals surface area contributed by atoms with E-state index in [1.807, 2.05) is 0 Å². The Kier molecular flexibility index (Phi) is 9.63. The smallest absolute Gasteiger partial charge is 0.0776 e. The summed E-state index contributed by atoms with van der Waals surface area (Å²) in [5, 5.41) is 5.61. The number of para-hydroxylation sites is 1. The molecule has 0 fully saturated rings. The zero-order chi connectivity index (χ0) is 40.0. The Labute approximate surface area is 345 Å². The van der Waals surface area contributed by atoms with E-state index in [4.69, 9.17) is 0 Å². The normalized spacial score (nSPS) is 12.0.